The first kappa shape index (κ1) is 11.7. The van der Waals surface area contributed by atoms with Crippen molar-refractivity contribution >= 4 is 0 Å². The molecule has 1 heterocycles. The normalized spacial score (nSPS) is 12.4. The van der Waals surface area contributed by atoms with E-state index < -0.39 is 0 Å². The molecule has 1 atom stereocenters. The highest BCUT2D eigenvalue weighted by Crippen LogP contribution is 2.14. The maximum atomic E-state index is 6.11. The Bertz CT molecular complexity index is 451. The Morgan fingerprint density at radius 2 is 2.06 bits per heavy atom. The van der Waals surface area contributed by atoms with Crippen molar-refractivity contribution < 1.29 is 9.15 Å². The quantitative estimate of drug-likeness (QED) is 0.859. The molecule has 0 fully saturated rings. The standard InChI is InChI=1S/C14H17NO2/c1-16-14-4-2-3-11(9-14)7-13(15)8-12-5-6-17-10-12/h2-6,9-10,13H,7-8,15H2,1H3. The maximum Gasteiger partial charge on any atom is 0.119 e. The fourth-order valence-corrected chi connectivity index (χ4v) is 1.89. The van der Waals surface area contributed by atoms with Crippen LogP contribution in [-0.4, -0.2) is 13.2 Å². The highest BCUT2D eigenvalue weighted by molar-refractivity contribution is 5.29. The van der Waals surface area contributed by atoms with Crippen LogP contribution in [0.15, 0.2) is 47.3 Å². The summed E-state index contributed by atoms with van der Waals surface area (Å²) in [6, 6.07) is 10.1. The van der Waals surface area contributed by atoms with Crippen LogP contribution in [0.4, 0.5) is 0 Å². The number of ether oxygens (including phenoxy) is 1. The molecule has 17 heavy (non-hydrogen) atoms. The van der Waals surface area contributed by atoms with Crippen LogP contribution in [0.5, 0.6) is 5.75 Å². The number of benzene rings is 1. The van der Waals surface area contributed by atoms with E-state index in [4.69, 9.17) is 14.9 Å². The van der Waals surface area contributed by atoms with Crippen LogP contribution in [-0.2, 0) is 12.8 Å². The molecule has 2 N–H and O–H groups in total. The summed E-state index contributed by atoms with van der Waals surface area (Å²) in [5.41, 5.74) is 8.44. The Balaban J connectivity index is 1.95. The second-order valence-corrected chi connectivity index (χ2v) is 4.15. The molecule has 2 aromatic rings. The monoisotopic (exact) mass is 231 g/mol. The zero-order valence-electron chi connectivity index (χ0n) is 9.93. The summed E-state index contributed by atoms with van der Waals surface area (Å²) in [7, 11) is 1.67. The highest BCUT2D eigenvalue weighted by Gasteiger charge is 2.07. The van der Waals surface area contributed by atoms with Crippen LogP contribution in [0.2, 0.25) is 0 Å². The summed E-state index contributed by atoms with van der Waals surface area (Å²) >= 11 is 0. The van der Waals surface area contributed by atoms with Gasteiger partial charge in [-0.15, -0.1) is 0 Å². The molecule has 2 rings (SSSR count). The van der Waals surface area contributed by atoms with E-state index in [1.54, 1.807) is 19.6 Å². The van der Waals surface area contributed by atoms with Crippen molar-refractivity contribution in [3.8, 4) is 5.75 Å². The molecule has 90 valence electrons. The van der Waals surface area contributed by atoms with Crippen molar-refractivity contribution in [3.05, 3.63) is 54.0 Å². The molecule has 0 bridgehead atoms. The lowest BCUT2D eigenvalue weighted by atomic mass is 10.0. The van der Waals surface area contributed by atoms with Gasteiger partial charge in [0, 0.05) is 6.04 Å². The van der Waals surface area contributed by atoms with Crippen molar-refractivity contribution in [1.29, 1.82) is 0 Å². The SMILES string of the molecule is COc1cccc(CC(N)Cc2ccoc2)c1. The Morgan fingerprint density at radius 3 is 2.76 bits per heavy atom. The minimum absolute atomic E-state index is 0.0970. The van der Waals surface area contributed by atoms with E-state index in [0.29, 0.717) is 0 Å². The first-order valence-electron chi connectivity index (χ1n) is 5.67. The predicted octanol–water partition coefficient (Wildman–Crippen LogP) is 2.40. The lowest BCUT2D eigenvalue weighted by Gasteiger charge is -2.11. The predicted molar refractivity (Wildman–Crippen MR) is 67.1 cm³/mol. The van der Waals surface area contributed by atoms with Gasteiger partial charge < -0.3 is 14.9 Å². The summed E-state index contributed by atoms with van der Waals surface area (Å²) in [4.78, 5) is 0. The number of nitrogens with two attached hydrogens (primary N) is 1. The molecule has 0 amide bonds. The second-order valence-electron chi connectivity index (χ2n) is 4.15. The van der Waals surface area contributed by atoms with Crippen LogP contribution in [0.1, 0.15) is 11.1 Å². The molecule has 0 radical (unpaired) electrons. The van der Waals surface area contributed by atoms with Crippen molar-refractivity contribution in [1.82, 2.24) is 0 Å². The molecule has 1 unspecified atom stereocenters. The second kappa shape index (κ2) is 5.55. The van der Waals surface area contributed by atoms with Crippen LogP contribution in [0.25, 0.3) is 0 Å². The summed E-state index contributed by atoms with van der Waals surface area (Å²) in [5, 5.41) is 0. The van der Waals surface area contributed by atoms with Crippen LogP contribution >= 0.6 is 0 Å². The summed E-state index contributed by atoms with van der Waals surface area (Å²) in [6.45, 7) is 0. The fourth-order valence-electron chi connectivity index (χ4n) is 1.89. The van der Waals surface area contributed by atoms with Gasteiger partial charge in [0.25, 0.3) is 0 Å². The number of hydrogen-bond acceptors (Lipinski definition) is 3. The molecule has 0 spiro atoms. The van der Waals surface area contributed by atoms with Crippen molar-refractivity contribution in [3.63, 3.8) is 0 Å². The van der Waals surface area contributed by atoms with E-state index in [-0.39, 0.29) is 6.04 Å². The van der Waals surface area contributed by atoms with Gasteiger partial charge in [0.2, 0.25) is 0 Å². The van der Waals surface area contributed by atoms with Gasteiger partial charge >= 0.3 is 0 Å². The summed E-state index contributed by atoms with van der Waals surface area (Å²) in [5.74, 6) is 0.873. The first-order chi connectivity index (χ1) is 8.28. The number of hydrogen-bond donors (Lipinski definition) is 1. The topological polar surface area (TPSA) is 48.4 Å². The molecular formula is C14H17NO2. The van der Waals surface area contributed by atoms with Gasteiger partial charge in [-0.25, -0.2) is 0 Å². The molecule has 1 aromatic heterocycles. The smallest absolute Gasteiger partial charge is 0.119 e. The van der Waals surface area contributed by atoms with E-state index >= 15 is 0 Å². The third kappa shape index (κ3) is 3.36. The van der Waals surface area contributed by atoms with E-state index in [0.717, 1.165) is 24.2 Å². The Kier molecular flexibility index (Phi) is 3.83. The van der Waals surface area contributed by atoms with E-state index in [9.17, 15) is 0 Å². The molecule has 1 aromatic carbocycles. The minimum atomic E-state index is 0.0970. The molecule has 0 saturated carbocycles. The van der Waals surface area contributed by atoms with Crippen molar-refractivity contribution in [2.24, 2.45) is 5.73 Å². The fraction of sp³-hybridized carbons (Fsp3) is 0.286. The van der Waals surface area contributed by atoms with E-state index in [1.807, 2.05) is 24.3 Å². The number of furan rings is 1. The van der Waals surface area contributed by atoms with Gasteiger partial charge in [0.1, 0.15) is 5.75 Å². The average Bonchev–Trinajstić information content (AvgIpc) is 2.82. The highest BCUT2D eigenvalue weighted by atomic mass is 16.5. The van der Waals surface area contributed by atoms with E-state index in [2.05, 4.69) is 6.07 Å². The van der Waals surface area contributed by atoms with Gasteiger partial charge in [0.15, 0.2) is 0 Å². The third-order valence-electron chi connectivity index (χ3n) is 2.71. The van der Waals surface area contributed by atoms with Gasteiger partial charge in [-0.05, 0) is 42.2 Å². The molecular weight excluding hydrogens is 214 g/mol. The Hall–Kier alpha value is -1.74. The van der Waals surface area contributed by atoms with Gasteiger partial charge in [-0.3, -0.25) is 0 Å². The number of rotatable bonds is 5. The Morgan fingerprint density at radius 1 is 1.24 bits per heavy atom. The minimum Gasteiger partial charge on any atom is -0.497 e. The van der Waals surface area contributed by atoms with Crippen molar-refractivity contribution in [2.75, 3.05) is 7.11 Å². The zero-order valence-corrected chi connectivity index (χ0v) is 9.93. The van der Waals surface area contributed by atoms with Gasteiger partial charge in [-0.2, -0.15) is 0 Å². The lowest BCUT2D eigenvalue weighted by Crippen LogP contribution is -2.25. The van der Waals surface area contributed by atoms with Crippen LogP contribution in [0.3, 0.4) is 0 Å². The molecule has 0 aliphatic rings. The van der Waals surface area contributed by atoms with Gasteiger partial charge in [0.05, 0.1) is 19.6 Å². The van der Waals surface area contributed by atoms with Crippen LogP contribution in [0, 0.1) is 0 Å². The molecule has 0 aliphatic heterocycles. The molecule has 3 nitrogen and oxygen atoms in total. The summed E-state index contributed by atoms with van der Waals surface area (Å²) in [6.07, 6.45) is 5.08. The van der Waals surface area contributed by atoms with Crippen molar-refractivity contribution in [2.45, 2.75) is 18.9 Å². The first-order valence-corrected chi connectivity index (χ1v) is 5.67. The lowest BCUT2D eigenvalue weighted by molar-refractivity contribution is 0.414. The zero-order chi connectivity index (χ0) is 12.1. The molecule has 3 heteroatoms. The number of methoxy groups -OCH3 is 1. The third-order valence-corrected chi connectivity index (χ3v) is 2.71. The average molecular weight is 231 g/mol. The molecule has 0 saturated heterocycles. The van der Waals surface area contributed by atoms with Crippen LogP contribution < -0.4 is 10.5 Å². The Labute approximate surface area is 101 Å². The maximum absolute atomic E-state index is 6.11. The summed E-state index contributed by atoms with van der Waals surface area (Å²) < 4.78 is 10.2. The van der Waals surface area contributed by atoms with Gasteiger partial charge in [-0.1, -0.05) is 12.1 Å². The largest absolute Gasteiger partial charge is 0.497 e. The molecule has 0 aliphatic carbocycles. The van der Waals surface area contributed by atoms with E-state index in [1.165, 1.54) is 5.56 Å².